The van der Waals surface area contributed by atoms with Crippen molar-refractivity contribution in [2.45, 2.75) is 37.9 Å². The van der Waals surface area contributed by atoms with Gasteiger partial charge in [0.25, 0.3) is 0 Å². The SMILES string of the molecule is O=C1C[C@H]2CC[C@@H](CN1)N2Cc1ccccc1-c1ccccc1. The molecular formula is C20H22N2O. The van der Waals surface area contributed by atoms with Gasteiger partial charge in [-0.3, -0.25) is 9.69 Å². The number of hydrogen-bond acceptors (Lipinski definition) is 2. The molecule has 4 rings (SSSR count). The van der Waals surface area contributed by atoms with Crippen LogP contribution in [0, 0.1) is 0 Å². The minimum Gasteiger partial charge on any atom is -0.354 e. The molecule has 2 aromatic rings. The second-order valence-electron chi connectivity index (χ2n) is 6.59. The molecule has 2 bridgehead atoms. The molecule has 2 heterocycles. The summed E-state index contributed by atoms with van der Waals surface area (Å²) in [6, 6.07) is 20.1. The van der Waals surface area contributed by atoms with Crippen molar-refractivity contribution in [1.82, 2.24) is 10.2 Å². The Labute approximate surface area is 137 Å². The summed E-state index contributed by atoms with van der Waals surface area (Å²) in [4.78, 5) is 14.4. The van der Waals surface area contributed by atoms with Crippen LogP contribution in [0.2, 0.25) is 0 Å². The van der Waals surface area contributed by atoms with Crippen molar-refractivity contribution in [3.63, 3.8) is 0 Å². The zero-order valence-electron chi connectivity index (χ0n) is 13.2. The Morgan fingerprint density at radius 1 is 0.957 bits per heavy atom. The van der Waals surface area contributed by atoms with Crippen LogP contribution in [0.5, 0.6) is 0 Å². The van der Waals surface area contributed by atoms with Gasteiger partial charge in [0.15, 0.2) is 0 Å². The van der Waals surface area contributed by atoms with Gasteiger partial charge in [-0.1, -0.05) is 54.6 Å². The van der Waals surface area contributed by atoms with Crippen LogP contribution in [0.25, 0.3) is 11.1 Å². The first-order valence-electron chi connectivity index (χ1n) is 8.47. The summed E-state index contributed by atoms with van der Waals surface area (Å²) in [6.07, 6.45) is 2.98. The van der Waals surface area contributed by atoms with E-state index in [0.717, 1.165) is 19.5 Å². The summed E-state index contributed by atoms with van der Waals surface area (Å²) in [5, 5.41) is 3.06. The summed E-state index contributed by atoms with van der Waals surface area (Å²) in [5.74, 6) is 0.207. The summed E-state index contributed by atoms with van der Waals surface area (Å²) < 4.78 is 0. The maximum absolute atomic E-state index is 11.8. The summed E-state index contributed by atoms with van der Waals surface area (Å²) in [5.41, 5.74) is 3.92. The molecule has 0 unspecified atom stereocenters. The highest BCUT2D eigenvalue weighted by Gasteiger charge is 2.37. The number of nitrogens with one attached hydrogen (secondary N) is 1. The molecule has 1 amide bonds. The molecule has 2 saturated heterocycles. The lowest BCUT2D eigenvalue weighted by Crippen LogP contribution is -2.37. The summed E-state index contributed by atoms with van der Waals surface area (Å²) in [6.45, 7) is 1.72. The summed E-state index contributed by atoms with van der Waals surface area (Å²) in [7, 11) is 0. The molecule has 0 spiro atoms. The second-order valence-corrected chi connectivity index (χ2v) is 6.59. The van der Waals surface area contributed by atoms with Crippen molar-refractivity contribution in [3.05, 3.63) is 60.2 Å². The molecule has 0 aliphatic carbocycles. The van der Waals surface area contributed by atoms with Crippen molar-refractivity contribution in [2.24, 2.45) is 0 Å². The van der Waals surface area contributed by atoms with Gasteiger partial charge in [-0.15, -0.1) is 0 Å². The van der Waals surface area contributed by atoms with E-state index >= 15 is 0 Å². The van der Waals surface area contributed by atoms with Crippen molar-refractivity contribution in [3.8, 4) is 11.1 Å². The van der Waals surface area contributed by atoms with Crippen LogP contribution in [0.1, 0.15) is 24.8 Å². The summed E-state index contributed by atoms with van der Waals surface area (Å²) >= 11 is 0. The highest BCUT2D eigenvalue weighted by Crippen LogP contribution is 2.32. The Kier molecular flexibility index (Phi) is 3.88. The topological polar surface area (TPSA) is 32.3 Å². The van der Waals surface area contributed by atoms with Gasteiger partial charge in [-0.2, -0.15) is 0 Å². The molecule has 2 aliphatic heterocycles. The van der Waals surface area contributed by atoms with Gasteiger partial charge < -0.3 is 5.32 Å². The van der Waals surface area contributed by atoms with Crippen molar-refractivity contribution >= 4 is 5.91 Å². The minimum absolute atomic E-state index is 0.207. The van der Waals surface area contributed by atoms with Crippen molar-refractivity contribution < 1.29 is 4.79 Å². The molecule has 0 radical (unpaired) electrons. The molecule has 2 aliphatic rings. The van der Waals surface area contributed by atoms with E-state index in [9.17, 15) is 4.79 Å². The maximum atomic E-state index is 11.8. The predicted molar refractivity (Wildman–Crippen MR) is 91.9 cm³/mol. The Hall–Kier alpha value is -2.13. The minimum atomic E-state index is 0.207. The molecule has 2 atom stereocenters. The Balaban J connectivity index is 1.64. The van der Waals surface area contributed by atoms with Gasteiger partial charge in [0.2, 0.25) is 5.91 Å². The van der Waals surface area contributed by atoms with Gasteiger partial charge in [0.05, 0.1) is 0 Å². The molecule has 3 nitrogen and oxygen atoms in total. The number of rotatable bonds is 3. The van der Waals surface area contributed by atoms with E-state index in [1.165, 1.54) is 23.1 Å². The van der Waals surface area contributed by atoms with E-state index in [-0.39, 0.29) is 5.91 Å². The lowest BCUT2D eigenvalue weighted by molar-refractivity contribution is -0.121. The largest absolute Gasteiger partial charge is 0.354 e. The lowest BCUT2D eigenvalue weighted by Gasteiger charge is -2.28. The third-order valence-corrected chi connectivity index (χ3v) is 5.18. The first kappa shape index (κ1) is 14.5. The zero-order valence-corrected chi connectivity index (χ0v) is 13.2. The molecular weight excluding hydrogens is 284 g/mol. The first-order chi connectivity index (χ1) is 11.3. The third kappa shape index (κ3) is 2.89. The number of nitrogens with zero attached hydrogens (tertiary/aromatic N) is 1. The first-order valence-corrected chi connectivity index (χ1v) is 8.47. The number of carbonyl (C=O) groups is 1. The van der Waals surface area contributed by atoms with Gasteiger partial charge in [0.1, 0.15) is 0 Å². The number of amides is 1. The van der Waals surface area contributed by atoms with Crippen LogP contribution >= 0.6 is 0 Å². The van der Waals surface area contributed by atoms with Crippen LogP contribution in [-0.2, 0) is 11.3 Å². The van der Waals surface area contributed by atoms with Gasteiger partial charge in [0, 0.05) is 31.6 Å². The molecule has 1 N–H and O–H groups in total. The van der Waals surface area contributed by atoms with Crippen molar-refractivity contribution in [2.75, 3.05) is 6.54 Å². The third-order valence-electron chi connectivity index (χ3n) is 5.18. The van der Waals surface area contributed by atoms with Crippen LogP contribution in [-0.4, -0.2) is 29.4 Å². The van der Waals surface area contributed by atoms with E-state index in [4.69, 9.17) is 0 Å². The zero-order chi connectivity index (χ0) is 15.6. The fraction of sp³-hybridized carbons (Fsp3) is 0.350. The second kappa shape index (κ2) is 6.17. The van der Waals surface area contributed by atoms with Gasteiger partial charge in [-0.25, -0.2) is 0 Å². The van der Waals surface area contributed by atoms with Crippen LogP contribution in [0.3, 0.4) is 0 Å². The molecule has 2 fully saturated rings. The fourth-order valence-corrected chi connectivity index (χ4v) is 3.98. The van der Waals surface area contributed by atoms with Gasteiger partial charge >= 0.3 is 0 Å². The predicted octanol–water partition coefficient (Wildman–Crippen LogP) is 3.21. The Bertz CT molecular complexity index is 698. The fourth-order valence-electron chi connectivity index (χ4n) is 3.98. The standard InChI is InChI=1S/C20H22N2O/c23-20-12-17-10-11-18(13-21-20)22(17)14-16-8-4-5-9-19(16)15-6-2-1-3-7-15/h1-9,17-18H,10-14H2,(H,21,23)/t17-,18+/m1/s1. The monoisotopic (exact) mass is 306 g/mol. The Morgan fingerprint density at radius 2 is 1.70 bits per heavy atom. The molecule has 23 heavy (non-hydrogen) atoms. The van der Waals surface area contributed by atoms with Crippen molar-refractivity contribution in [1.29, 1.82) is 0 Å². The average Bonchev–Trinajstić information content (AvgIpc) is 2.87. The number of carbonyl (C=O) groups excluding carboxylic acids is 1. The molecule has 0 aromatic heterocycles. The van der Waals surface area contributed by atoms with E-state index in [1.54, 1.807) is 0 Å². The highest BCUT2D eigenvalue weighted by molar-refractivity contribution is 5.77. The van der Waals surface area contributed by atoms with E-state index in [1.807, 2.05) is 0 Å². The van der Waals surface area contributed by atoms with E-state index < -0.39 is 0 Å². The molecule has 118 valence electrons. The average molecular weight is 306 g/mol. The molecule has 3 heteroatoms. The number of fused-ring (bicyclic) bond motifs is 2. The van der Waals surface area contributed by atoms with Crippen LogP contribution in [0.4, 0.5) is 0 Å². The highest BCUT2D eigenvalue weighted by atomic mass is 16.1. The Morgan fingerprint density at radius 3 is 2.57 bits per heavy atom. The van der Waals surface area contributed by atoms with E-state index in [0.29, 0.717) is 18.5 Å². The maximum Gasteiger partial charge on any atom is 0.221 e. The molecule has 0 saturated carbocycles. The number of hydrogen-bond donors (Lipinski definition) is 1. The smallest absolute Gasteiger partial charge is 0.221 e. The van der Waals surface area contributed by atoms with E-state index in [2.05, 4.69) is 64.8 Å². The molecule has 2 aromatic carbocycles. The quantitative estimate of drug-likeness (QED) is 0.944. The van der Waals surface area contributed by atoms with Gasteiger partial charge in [-0.05, 0) is 29.5 Å². The normalized spacial score (nSPS) is 24.3. The lowest BCUT2D eigenvalue weighted by atomic mass is 9.99. The van der Waals surface area contributed by atoms with Crippen LogP contribution < -0.4 is 5.32 Å². The number of benzene rings is 2. The van der Waals surface area contributed by atoms with Crippen LogP contribution in [0.15, 0.2) is 54.6 Å².